The molecule has 2 N–H and O–H groups in total. The van der Waals surface area contributed by atoms with E-state index in [1.54, 1.807) is 24.3 Å². The molecule has 40 heavy (non-hydrogen) atoms. The maximum atomic E-state index is 13.9. The lowest BCUT2D eigenvalue weighted by Crippen LogP contribution is -2.44. The maximum Gasteiger partial charge on any atom is 0.421 e. The first-order chi connectivity index (χ1) is 19.1. The summed E-state index contributed by atoms with van der Waals surface area (Å²) in [6.45, 7) is 4.14. The highest BCUT2D eigenvalue weighted by Crippen LogP contribution is 2.45. The molecule has 0 unspecified atom stereocenters. The fourth-order valence-electron chi connectivity index (χ4n) is 6.87. The van der Waals surface area contributed by atoms with Crippen molar-refractivity contribution in [2.45, 2.75) is 76.6 Å². The van der Waals surface area contributed by atoms with Gasteiger partial charge in [0.15, 0.2) is 0 Å². The molecule has 1 aromatic heterocycles. The average molecular weight is 559 g/mol. The Labute approximate surface area is 234 Å². The van der Waals surface area contributed by atoms with E-state index in [9.17, 15) is 18.0 Å². The number of likely N-dealkylation sites (tertiary alicyclic amines) is 1. The third-order valence-electron chi connectivity index (χ3n) is 9.33. The molecule has 2 saturated carbocycles. The van der Waals surface area contributed by atoms with E-state index in [1.807, 2.05) is 11.9 Å². The van der Waals surface area contributed by atoms with Gasteiger partial charge in [0.2, 0.25) is 5.95 Å². The fraction of sp³-hybridized carbons (Fsp3) is 0.633. The molecular formula is C30H41F3N6O. The van der Waals surface area contributed by atoms with Crippen LogP contribution < -0.4 is 10.6 Å². The van der Waals surface area contributed by atoms with Crippen molar-refractivity contribution < 1.29 is 18.0 Å². The van der Waals surface area contributed by atoms with Crippen molar-refractivity contribution >= 4 is 23.4 Å². The van der Waals surface area contributed by atoms with Crippen molar-refractivity contribution in [3.63, 3.8) is 0 Å². The van der Waals surface area contributed by atoms with Crippen LogP contribution in [-0.2, 0) is 6.18 Å². The molecule has 2 aromatic rings. The molecule has 3 fully saturated rings. The Morgan fingerprint density at radius 1 is 1.07 bits per heavy atom. The number of aromatic nitrogens is 2. The van der Waals surface area contributed by atoms with Gasteiger partial charge in [0.05, 0.1) is 0 Å². The minimum Gasteiger partial charge on any atom is -0.366 e. The monoisotopic (exact) mass is 558 g/mol. The molecule has 2 bridgehead atoms. The first kappa shape index (κ1) is 28.6. The molecule has 1 amide bonds. The second-order valence-corrected chi connectivity index (χ2v) is 12.0. The van der Waals surface area contributed by atoms with Crippen molar-refractivity contribution in [3.8, 4) is 0 Å². The highest BCUT2D eigenvalue weighted by Gasteiger charge is 2.40. The SMILES string of the molecule is CC[C@@H]1C[C@@H]2CC[C@@H](Nc3nc(Nc4ccc(C(=O)N(C)C5CCN(C)CC5)cc4)ncc3C(F)(F)F)[C@H](C1)C2. The van der Waals surface area contributed by atoms with Crippen LogP contribution in [-0.4, -0.2) is 64.9 Å². The summed E-state index contributed by atoms with van der Waals surface area (Å²) < 4.78 is 41.7. The summed E-state index contributed by atoms with van der Waals surface area (Å²) >= 11 is 0. The van der Waals surface area contributed by atoms with Crippen LogP contribution in [0.2, 0.25) is 0 Å². The molecule has 2 heterocycles. The minimum absolute atomic E-state index is 0.0266. The van der Waals surface area contributed by atoms with Gasteiger partial charge in [-0.25, -0.2) is 4.98 Å². The normalized spacial score (nSPS) is 25.9. The molecular weight excluding hydrogens is 517 g/mol. The Kier molecular flexibility index (Phi) is 8.54. The summed E-state index contributed by atoms with van der Waals surface area (Å²) in [6.07, 6.45) is 4.58. The summed E-state index contributed by atoms with van der Waals surface area (Å²) in [6, 6.07) is 7.11. The summed E-state index contributed by atoms with van der Waals surface area (Å²) in [7, 11) is 3.93. The Morgan fingerprint density at radius 2 is 1.80 bits per heavy atom. The maximum absolute atomic E-state index is 13.9. The van der Waals surface area contributed by atoms with Gasteiger partial charge in [0.25, 0.3) is 5.91 Å². The number of carbonyl (C=O) groups is 1. The van der Waals surface area contributed by atoms with Crippen molar-refractivity contribution in [3.05, 3.63) is 41.6 Å². The zero-order valence-electron chi connectivity index (χ0n) is 23.7. The van der Waals surface area contributed by atoms with Gasteiger partial charge >= 0.3 is 6.18 Å². The zero-order chi connectivity index (χ0) is 28.4. The van der Waals surface area contributed by atoms with Gasteiger partial charge in [0.1, 0.15) is 11.4 Å². The van der Waals surface area contributed by atoms with Crippen LogP contribution in [0, 0.1) is 17.8 Å². The van der Waals surface area contributed by atoms with E-state index < -0.39 is 11.7 Å². The molecule has 5 rings (SSSR count). The molecule has 1 saturated heterocycles. The molecule has 7 nitrogen and oxygen atoms in total. The van der Waals surface area contributed by atoms with Gasteiger partial charge in [-0.05, 0) is 107 Å². The number of amides is 1. The second kappa shape index (κ2) is 11.9. The lowest BCUT2D eigenvalue weighted by atomic mass is 9.65. The second-order valence-electron chi connectivity index (χ2n) is 12.0. The number of fused-ring (bicyclic) bond motifs is 2. The lowest BCUT2D eigenvalue weighted by Gasteiger charge is -2.44. The van der Waals surface area contributed by atoms with Gasteiger partial charge in [-0.1, -0.05) is 13.3 Å². The molecule has 3 aliphatic rings. The summed E-state index contributed by atoms with van der Waals surface area (Å²) in [5, 5.41) is 6.21. The molecule has 0 radical (unpaired) electrons. The molecule has 10 heteroatoms. The molecule has 1 aromatic carbocycles. The number of hydrogen-bond donors (Lipinski definition) is 2. The first-order valence-electron chi connectivity index (χ1n) is 14.6. The molecule has 218 valence electrons. The van der Waals surface area contributed by atoms with Crippen LogP contribution in [0.5, 0.6) is 0 Å². The van der Waals surface area contributed by atoms with E-state index >= 15 is 0 Å². The van der Waals surface area contributed by atoms with E-state index in [0.29, 0.717) is 29.0 Å². The quantitative estimate of drug-likeness (QED) is 0.409. The van der Waals surface area contributed by atoms with Crippen molar-refractivity contribution in [1.29, 1.82) is 0 Å². The van der Waals surface area contributed by atoms with Gasteiger partial charge < -0.3 is 20.4 Å². The number of alkyl halides is 3. The number of rotatable bonds is 7. The number of halogens is 3. The highest BCUT2D eigenvalue weighted by atomic mass is 19.4. The largest absolute Gasteiger partial charge is 0.421 e. The number of piperidine rings is 1. The lowest BCUT2D eigenvalue weighted by molar-refractivity contribution is -0.137. The molecule has 4 atom stereocenters. The summed E-state index contributed by atoms with van der Waals surface area (Å²) in [4.78, 5) is 25.4. The van der Waals surface area contributed by atoms with Gasteiger partial charge in [-0.2, -0.15) is 18.2 Å². The smallest absolute Gasteiger partial charge is 0.366 e. The van der Waals surface area contributed by atoms with Crippen LogP contribution in [0.3, 0.4) is 0 Å². The number of anilines is 3. The van der Waals surface area contributed by atoms with E-state index in [4.69, 9.17) is 0 Å². The van der Waals surface area contributed by atoms with Crippen molar-refractivity contribution in [2.24, 2.45) is 17.8 Å². The Morgan fingerprint density at radius 3 is 2.48 bits per heavy atom. The molecule has 0 spiro atoms. The Bertz CT molecular complexity index is 1170. The van der Waals surface area contributed by atoms with Crippen molar-refractivity contribution in [2.75, 3.05) is 37.8 Å². The predicted molar refractivity (Wildman–Crippen MR) is 151 cm³/mol. The molecule has 1 aliphatic heterocycles. The van der Waals surface area contributed by atoms with E-state index in [2.05, 4.69) is 39.5 Å². The van der Waals surface area contributed by atoms with E-state index in [1.165, 1.54) is 6.42 Å². The topological polar surface area (TPSA) is 73.4 Å². The third kappa shape index (κ3) is 6.53. The number of nitrogens with one attached hydrogen (secondary N) is 2. The van der Waals surface area contributed by atoms with Crippen LogP contribution in [0.1, 0.15) is 74.2 Å². The zero-order valence-corrected chi connectivity index (χ0v) is 23.7. The van der Waals surface area contributed by atoms with E-state index in [0.717, 1.165) is 64.2 Å². The predicted octanol–water partition coefficient (Wildman–Crippen LogP) is 6.42. The number of carbonyl (C=O) groups excluding carboxylic acids is 1. The Balaban J connectivity index is 1.28. The third-order valence-corrected chi connectivity index (χ3v) is 9.33. The van der Waals surface area contributed by atoms with Gasteiger partial charge in [-0.3, -0.25) is 4.79 Å². The van der Waals surface area contributed by atoms with Crippen LogP contribution in [0.4, 0.5) is 30.6 Å². The minimum atomic E-state index is -4.56. The Hall–Kier alpha value is -2.88. The van der Waals surface area contributed by atoms with E-state index in [-0.39, 0.29) is 29.8 Å². The standard InChI is InChI=1S/C30H41F3N6O/c1-4-19-15-20-5-10-26(22(16-19)17-20)36-27-25(30(31,32)33)18-34-29(37-27)35-23-8-6-21(7-9-23)28(40)39(3)24-11-13-38(2)14-12-24/h6-9,18-20,22,24,26H,4-5,10-17H2,1-3H3,(H2,34,35,36,37)/t19-,20+,22-,26-/m1/s1. The average Bonchev–Trinajstić information content (AvgIpc) is 2.94. The highest BCUT2D eigenvalue weighted by molar-refractivity contribution is 5.94. The van der Waals surface area contributed by atoms with Crippen LogP contribution >= 0.6 is 0 Å². The van der Waals surface area contributed by atoms with Gasteiger partial charge in [0, 0.05) is 36.6 Å². The van der Waals surface area contributed by atoms with Crippen LogP contribution in [0.15, 0.2) is 30.5 Å². The summed E-state index contributed by atoms with van der Waals surface area (Å²) in [5.41, 5.74) is 0.319. The summed E-state index contributed by atoms with van der Waals surface area (Å²) in [5.74, 6) is 1.58. The van der Waals surface area contributed by atoms with Crippen LogP contribution in [0.25, 0.3) is 0 Å². The van der Waals surface area contributed by atoms with Gasteiger partial charge in [-0.15, -0.1) is 0 Å². The number of nitrogens with zero attached hydrogens (tertiary/aromatic N) is 4. The first-order valence-corrected chi connectivity index (χ1v) is 14.6. The fourth-order valence-corrected chi connectivity index (χ4v) is 6.87. The number of hydrogen-bond acceptors (Lipinski definition) is 6. The molecule has 2 aliphatic carbocycles. The number of benzene rings is 1. The van der Waals surface area contributed by atoms with Crippen molar-refractivity contribution in [1.82, 2.24) is 19.8 Å².